The second kappa shape index (κ2) is 9.33. The van der Waals surface area contributed by atoms with Gasteiger partial charge in [-0.05, 0) is 60.7 Å². The van der Waals surface area contributed by atoms with Crippen LogP contribution in [0.15, 0.2) is 108 Å². The van der Waals surface area contributed by atoms with E-state index in [-0.39, 0.29) is 11.8 Å². The number of fused-ring (bicyclic) bond motifs is 1. The third kappa shape index (κ3) is 4.46. The maximum absolute atomic E-state index is 12.6. The quantitative estimate of drug-likeness (QED) is 0.292. The molecule has 2 aromatic heterocycles. The van der Waals surface area contributed by atoms with E-state index in [9.17, 15) is 9.59 Å². The van der Waals surface area contributed by atoms with E-state index in [1.807, 2.05) is 77.3 Å². The molecule has 0 aliphatic heterocycles. The Labute approximate surface area is 204 Å². The predicted molar refractivity (Wildman–Crippen MR) is 137 cm³/mol. The number of nitrogens with one attached hydrogen (secondary N) is 2. The van der Waals surface area contributed by atoms with Gasteiger partial charge in [-0.15, -0.1) is 0 Å². The minimum Gasteiger partial charge on any atom is -0.322 e. The summed E-state index contributed by atoms with van der Waals surface area (Å²) in [6.07, 6.45) is 3.64. The number of halogens is 1. The standard InChI is InChI=1S/C27H19BrN4O2/c28-21-13-11-19(12-14-21)26(33)30-22-9-4-8-20(16-22)24-17-29-25-23(10-5-15-32(24)25)31-27(34)18-6-2-1-3-7-18/h1-17H,(H,30,33)(H,31,34). The molecule has 0 unspecified atom stereocenters. The molecule has 2 amide bonds. The van der Waals surface area contributed by atoms with Crippen molar-refractivity contribution >= 4 is 44.8 Å². The van der Waals surface area contributed by atoms with E-state index in [0.29, 0.717) is 28.1 Å². The minimum absolute atomic E-state index is 0.186. The van der Waals surface area contributed by atoms with Crippen molar-refractivity contribution in [2.24, 2.45) is 0 Å². The molecule has 0 radical (unpaired) electrons. The summed E-state index contributed by atoms with van der Waals surface area (Å²) in [7, 11) is 0. The van der Waals surface area contributed by atoms with Crippen molar-refractivity contribution in [1.29, 1.82) is 0 Å². The number of imidazole rings is 1. The second-order valence-corrected chi connectivity index (χ2v) is 8.54. The van der Waals surface area contributed by atoms with Crippen LogP contribution in [-0.2, 0) is 0 Å². The lowest BCUT2D eigenvalue weighted by molar-refractivity contribution is 0.101. The SMILES string of the molecule is O=C(Nc1cccc(-c2cnc3c(NC(=O)c4ccccc4)cccn23)c1)c1ccc(Br)cc1. The van der Waals surface area contributed by atoms with Gasteiger partial charge in [0.2, 0.25) is 0 Å². The fourth-order valence-electron chi connectivity index (χ4n) is 3.67. The van der Waals surface area contributed by atoms with Gasteiger partial charge in [-0.25, -0.2) is 4.98 Å². The van der Waals surface area contributed by atoms with Crippen molar-refractivity contribution in [2.75, 3.05) is 10.6 Å². The average molecular weight is 511 g/mol. The number of amides is 2. The molecule has 0 aliphatic carbocycles. The molecule has 7 heteroatoms. The van der Waals surface area contributed by atoms with Crippen molar-refractivity contribution in [3.63, 3.8) is 0 Å². The molecule has 0 saturated heterocycles. The van der Waals surface area contributed by atoms with Crippen LogP contribution in [-0.4, -0.2) is 21.2 Å². The summed E-state index contributed by atoms with van der Waals surface area (Å²) in [6, 6.07) is 27.5. The number of nitrogens with zero attached hydrogens (tertiary/aromatic N) is 2. The van der Waals surface area contributed by atoms with Crippen LogP contribution < -0.4 is 10.6 Å². The lowest BCUT2D eigenvalue weighted by Crippen LogP contribution is -2.12. The first-order chi connectivity index (χ1) is 16.6. The number of carbonyl (C=O) groups is 2. The maximum Gasteiger partial charge on any atom is 0.255 e. The van der Waals surface area contributed by atoms with Gasteiger partial charge in [-0.3, -0.25) is 14.0 Å². The fraction of sp³-hybridized carbons (Fsp3) is 0. The Balaban J connectivity index is 1.41. The van der Waals surface area contributed by atoms with Gasteiger partial charge in [0.25, 0.3) is 11.8 Å². The highest BCUT2D eigenvalue weighted by atomic mass is 79.9. The summed E-state index contributed by atoms with van der Waals surface area (Å²) in [5.41, 5.74) is 4.79. The number of pyridine rings is 1. The third-order valence-electron chi connectivity index (χ3n) is 5.34. The van der Waals surface area contributed by atoms with Crippen LogP contribution in [0.3, 0.4) is 0 Å². The van der Waals surface area contributed by atoms with Gasteiger partial charge < -0.3 is 10.6 Å². The fourth-order valence-corrected chi connectivity index (χ4v) is 3.93. The molecule has 5 aromatic rings. The third-order valence-corrected chi connectivity index (χ3v) is 5.87. The first-order valence-corrected chi connectivity index (χ1v) is 11.4. The van der Waals surface area contributed by atoms with E-state index >= 15 is 0 Å². The highest BCUT2D eigenvalue weighted by Crippen LogP contribution is 2.27. The topological polar surface area (TPSA) is 75.5 Å². The Morgan fingerprint density at radius 1 is 0.765 bits per heavy atom. The van der Waals surface area contributed by atoms with E-state index in [0.717, 1.165) is 15.7 Å². The smallest absolute Gasteiger partial charge is 0.255 e. The molecule has 2 N–H and O–H groups in total. The summed E-state index contributed by atoms with van der Waals surface area (Å²) >= 11 is 3.38. The van der Waals surface area contributed by atoms with Crippen LogP contribution in [0.4, 0.5) is 11.4 Å². The van der Waals surface area contributed by atoms with Gasteiger partial charge in [-0.1, -0.05) is 46.3 Å². The maximum atomic E-state index is 12.6. The summed E-state index contributed by atoms with van der Waals surface area (Å²) in [5, 5.41) is 5.89. The van der Waals surface area contributed by atoms with Gasteiger partial charge in [0.1, 0.15) is 0 Å². The highest BCUT2D eigenvalue weighted by molar-refractivity contribution is 9.10. The number of hydrogen-bond acceptors (Lipinski definition) is 3. The molecule has 0 atom stereocenters. The zero-order chi connectivity index (χ0) is 23.5. The Bertz CT molecular complexity index is 1490. The predicted octanol–water partition coefficient (Wildman–Crippen LogP) is 6.27. The average Bonchev–Trinajstić information content (AvgIpc) is 3.30. The first kappa shape index (κ1) is 21.6. The van der Waals surface area contributed by atoms with Gasteiger partial charge in [0.15, 0.2) is 5.65 Å². The summed E-state index contributed by atoms with van der Waals surface area (Å²) in [4.78, 5) is 29.8. The largest absolute Gasteiger partial charge is 0.322 e. The zero-order valence-electron chi connectivity index (χ0n) is 17.9. The molecule has 0 fully saturated rings. The van der Waals surface area contributed by atoms with Crippen molar-refractivity contribution < 1.29 is 9.59 Å². The van der Waals surface area contributed by atoms with Crippen LogP contribution in [0.5, 0.6) is 0 Å². The Hall–Kier alpha value is -4.23. The Kier molecular flexibility index (Phi) is 5.93. The van der Waals surface area contributed by atoms with Crippen molar-refractivity contribution in [1.82, 2.24) is 9.38 Å². The molecule has 0 bridgehead atoms. The minimum atomic E-state index is -0.198. The van der Waals surface area contributed by atoms with Crippen LogP contribution in [0.2, 0.25) is 0 Å². The Morgan fingerprint density at radius 2 is 1.50 bits per heavy atom. The van der Waals surface area contributed by atoms with Gasteiger partial charge in [0.05, 0.1) is 17.6 Å². The molecule has 34 heavy (non-hydrogen) atoms. The van der Waals surface area contributed by atoms with E-state index < -0.39 is 0 Å². The number of anilines is 2. The highest BCUT2D eigenvalue weighted by Gasteiger charge is 2.13. The van der Waals surface area contributed by atoms with E-state index in [1.165, 1.54) is 0 Å². The molecule has 0 saturated carbocycles. The number of hydrogen-bond donors (Lipinski definition) is 2. The van der Waals surface area contributed by atoms with Gasteiger partial charge >= 0.3 is 0 Å². The lowest BCUT2D eigenvalue weighted by Gasteiger charge is -2.09. The first-order valence-electron chi connectivity index (χ1n) is 10.6. The Morgan fingerprint density at radius 3 is 2.29 bits per heavy atom. The van der Waals surface area contributed by atoms with Crippen molar-refractivity contribution in [3.8, 4) is 11.3 Å². The molecule has 5 rings (SSSR count). The number of carbonyl (C=O) groups excluding carboxylic acids is 2. The number of benzene rings is 3. The molecule has 2 heterocycles. The summed E-state index contributed by atoms with van der Waals surface area (Å²) in [6.45, 7) is 0. The molecule has 166 valence electrons. The van der Waals surface area contributed by atoms with E-state index in [1.54, 1.807) is 30.5 Å². The van der Waals surface area contributed by atoms with Gasteiger partial charge in [-0.2, -0.15) is 0 Å². The molecular weight excluding hydrogens is 492 g/mol. The molecule has 0 spiro atoms. The monoisotopic (exact) mass is 510 g/mol. The van der Waals surface area contributed by atoms with Crippen LogP contribution in [0.25, 0.3) is 16.9 Å². The normalized spacial score (nSPS) is 10.7. The molecule has 3 aromatic carbocycles. The number of aromatic nitrogens is 2. The van der Waals surface area contributed by atoms with Crippen LogP contribution >= 0.6 is 15.9 Å². The van der Waals surface area contributed by atoms with Crippen LogP contribution in [0, 0.1) is 0 Å². The van der Waals surface area contributed by atoms with E-state index in [2.05, 4.69) is 31.5 Å². The summed E-state index contributed by atoms with van der Waals surface area (Å²) < 4.78 is 2.83. The molecular formula is C27H19BrN4O2. The molecule has 6 nitrogen and oxygen atoms in total. The lowest BCUT2D eigenvalue weighted by atomic mass is 10.1. The van der Waals surface area contributed by atoms with Crippen LogP contribution in [0.1, 0.15) is 20.7 Å². The zero-order valence-corrected chi connectivity index (χ0v) is 19.5. The molecule has 0 aliphatic rings. The van der Waals surface area contributed by atoms with Gasteiger partial charge in [0, 0.05) is 33.0 Å². The van der Waals surface area contributed by atoms with Crippen molar-refractivity contribution in [3.05, 3.63) is 119 Å². The number of rotatable bonds is 5. The second-order valence-electron chi connectivity index (χ2n) is 7.62. The summed E-state index contributed by atoms with van der Waals surface area (Å²) in [5.74, 6) is -0.385. The van der Waals surface area contributed by atoms with Crippen molar-refractivity contribution in [2.45, 2.75) is 0 Å². The van der Waals surface area contributed by atoms with E-state index in [4.69, 9.17) is 0 Å².